The number of fused-ring (bicyclic) bond motifs is 2. The van der Waals surface area contributed by atoms with Crippen LogP contribution in [0, 0.1) is 0 Å². The summed E-state index contributed by atoms with van der Waals surface area (Å²) in [7, 11) is 7.99. The van der Waals surface area contributed by atoms with Crippen LogP contribution in [0.3, 0.4) is 0 Å². The van der Waals surface area contributed by atoms with Gasteiger partial charge in [0.2, 0.25) is 5.91 Å². The number of hydrogen-bond acceptors (Lipinski definition) is 9. The highest BCUT2D eigenvalue weighted by Crippen LogP contribution is 2.36. The van der Waals surface area contributed by atoms with E-state index >= 15 is 0 Å². The molecule has 3 aromatic rings. The molecule has 0 saturated carbocycles. The van der Waals surface area contributed by atoms with E-state index in [9.17, 15) is 9.90 Å². The number of piperazine rings is 1. The first kappa shape index (κ1) is 28.6. The molecule has 0 aliphatic carbocycles. The first-order valence-electron chi connectivity index (χ1n) is 14.3. The number of phenolic OH excluding ortho intramolecular Hbond substituents is 1. The number of benzene rings is 2. The standard InChI is InChI=1S/C31H41N7O3/c1-34(2)12-7-10-29(40)36-14-16-37(17-15-36)30-26-11-13-38(22-27(26)32-31(33-30)41-19-18-35(3)4)28-21-24(39)20-23-8-5-6-9-25(23)28/h5-10,20-21,39H,11-19,22H2,1-4H3/b10-7+. The molecule has 1 fully saturated rings. The molecule has 0 atom stereocenters. The van der Waals surface area contributed by atoms with Gasteiger partial charge >= 0.3 is 6.01 Å². The Bertz CT molecular complexity index is 1400. The summed E-state index contributed by atoms with van der Waals surface area (Å²) in [6.45, 7) is 6.07. The molecule has 0 bridgehead atoms. The Morgan fingerprint density at radius 3 is 2.54 bits per heavy atom. The normalized spacial score (nSPS) is 15.8. The van der Waals surface area contributed by atoms with Crippen molar-refractivity contribution in [2.75, 3.05) is 90.4 Å². The first-order valence-corrected chi connectivity index (χ1v) is 14.3. The maximum atomic E-state index is 12.7. The molecule has 10 heteroatoms. The number of amides is 1. The Morgan fingerprint density at radius 1 is 1.00 bits per heavy atom. The Balaban J connectivity index is 1.38. The molecule has 0 spiro atoms. The van der Waals surface area contributed by atoms with Crippen molar-refractivity contribution in [2.24, 2.45) is 0 Å². The summed E-state index contributed by atoms with van der Waals surface area (Å²) in [6.07, 6.45) is 4.37. The minimum atomic E-state index is 0.0536. The van der Waals surface area contributed by atoms with E-state index in [4.69, 9.17) is 14.7 Å². The van der Waals surface area contributed by atoms with Gasteiger partial charge in [0.1, 0.15) is 18.2 Å². The zero-order valence-corrected chi connectivity index (χ0v) is 24.6. The molecule has 2 aromatic carbocycles. The lowest BCUT2D eigenvalue weighted by Crippen LogP contribution is -2.49. The van der Waals surface area contributed by atoms with Gasteiger partial charge in [-0.25, -0.2) is 0 Å². The molecular weight excluding hydrogens is 518 g/mol. The third-order valence-corrected chi connectivity index (χ3v) is 7.58. The van der Waals surface area contributed by atoms with Crippen molar-refractivity contribution >= 4 is 28.2 Å². The van der Waals surface area contributed by atoms with Crippen molar-refractivity contribution in [2.45, 2.75) is 13.0 Å². The molecule has 41 heavy (non-hydrogen) atoms. The van der Waals surface area contributed by atoms with Gasteiger partial charge in [-0.3, -0.25) is 4.79 Å². The van der Waals surface area contributed by atoms with Crippen LogP contribution in [0.2, 0.25) is 0 Å². The second-order valence-electron chi connectivity index (χ2n) is 11.2. The molecule has 1 aromatic heterocycles. The summed E-state index contributed by atoms with van der Waals surface area (Å²) in [4.78, 5) is 33.0. The van der Waals surface area contributed by atoms with Crippen LogP contribution >= 0.6 is 0 Å². The highest BCUT2D eigenvalue weighted by molar-refractivity contribution is 5.95. The summed E-state index contributed by atoms with van der Waals surface area (Å²) >= 11 is 0. The highest BCUT2D eigenvalue weighted by Gasteiger charge is 2.29. The number of aromatic hydroxyl groups is 1. The number of aromatic nitrogens is 2. The van der Waals surface area contributed by atoms with Crippen LogP contribution in [0.15, 0.2) is 48.6 Å². The maximum absolute atomic E-state index is 12.7. The number of carbonyl (C=O) groups excluding carboxylic acids is 1. The van der Waals surface area contributed by atoms with E-state index in [0.717, 1.165) is 59.6 Å². The van der Waals surface area contributed by atoms with Gasteiger partial charge < -0.3 is 34.3 Å². The average molecular weight is 560 g/mol. The number of phenols is 1. The van der Waals surface area contributed by atoms with Crippen molar-refractivity contribution in [1.82, 2.24) is 24.7 Å². The molecule has 1 amide bonds. The fourth-order valence-corrected chi connectivity index (χ4v) is 5.38. The van der Waals surface area contributed by atoms with E-state index < -0.39 is 0 Å². The van der Waals surface area contributed by atoms with Gasteiger partial charge in [-0.1, -0.05) is 30.3 Å². The van der Waals surface area contributed by atoms with Crippen molar-refractivity contribution in [1.29, 1.82) is 0 Å². The molecule has 218 valence electrons. The quantitative estimate of drug-likeness (QED) is 0.398. The Labute approximate surface area is 242 Å². The molecule has 10 nitrogen and oxygen atoms in total. The minimum Gasteiger partial charge on any atom is -0.508 e. The van der Waals surface area contributed by atoms with Crippen LogP contribution in [0.5, 0.6) is 11.8 Å². The summed E-state index contributed by atoms with van der Waals surface area (Å²) in [6, 6.07) is 12.2. The van der Waals surface area contributed by atoms with Gasteiger partial charge in [0, 0.05) is 74.6 Å². The van der Waals surface area contributed by atoms with Crippen LogP contribution in [-0.4, -0.2) is 116 Å². The highest BCUT2D eigenvalue weighted by atomic mass is 16.5. The summed E-state index contributed by atoms with van der Waals surface area (Å²) < 4.78 is 6.04. The maximum Gasteiger partial charge on any atom is 0.318 e. The molecule has 0 radical (unpaired) electrons. The molecule has 1 N–H and O–H groups in total. The first-order chi connectivity index (χ1) is 19.8. The predicted molar refractivity (Wildman–Crippen MR) is 163 cm³/mol. The molecular formula is C31H41N7O3. The number of nitrogens with zero attached hydrogens (tertiary/aromatic N) is 7. The fourth-order valence-electron chi connectivity index (χ4n) is 5.38. The van der Waals surface area contributed by atoms with Crippen LogP contribution in [-0.2, 0) is 17.8 Å². The van der Waals surface area contributed by atoms with E-state index in [0.29, 0.717) is 45.3 Å². The van der Waals surface area contributed by atoms with Gasteiger partial charge in [-0.15, -0.1) is 0 Å². The molecule has 2 aliphatic heterocycles. The van der Waals surface area contributed by atoms with E-state index in [1.54, 1.807) is 12.1 Å². The number of anilines is 2. The second kappa shape index (κ2) is 12.7. The Kier molecular flexibility index (Phi) is 8.90. The third-order valence-electron chi connectivity index (χ3n) is 7.58. The summed E-state index contributed by atoms with van der Waals surface area (Å²) in [5, 5.41) is 12.6. The molecule has 2 aliphatic rings. The molecule has 0 unspecified atom stereocenters. The van der Waals surface area contributed by atoms with E-state index in [1.807, 2.05) is 68.3 Å². The molecule has 3 heterocycles. The van der Waals surface area contributed by atoms with Gasteiger partial charge in [0.15, 0.2) is 0 Å². The van der Waals surface area contributed by atoms with E-state index in [2.05, 4.69) is 20.8 Å². The third kappa shape index (κ3) is 6.89. The summed E-state index contributed by atoms with van der Waals surface area (Å²) in [5.41, 5.74) is 3.07. The van der Waals surface area contributed by atoms with Crippen molar-refractivity contribution < 1.29 is 14.6 Å². The van der Waals surface area contributed by atoms with Gasteiger partial charge in [-0.2, -0.15) is 9.97 Å². The lowest BCUT2D eigenvalue weighted by atomic mass is 10.0. The average Bonchev–Trinajstić information content (AvgIpc) is 2.95. The van der Waals surface area contributed by atoms with Crippen LogP contribution in [0.25, 0.3) is 10.8 Å². The largest absolute Gasteiger partial charge is 0.508 e. The number of likely N-dealkylation sites (N-methyl/N-ethyl adjacent to an activating group) is 2. The van der Waals surface area contributed by atoms with Crippen molar-refractivity contribution in [3.05, 3.63) is 59.8 Å². The fraction of sp³-hybridized carbons (Fsp3) is 0.452. The van der Waals surface area contributed by atoms with Crippen LogP contribution in [0.1, 0.15) is 11.3 Å². The number of rotatable bonds is 9. The van der Waals surface area contributed by atoms with Gasteiger partial charge in [-0.05, 0) is 46.1 Å². The van der Waals surface area contributed by atoms with Crippen LogP contribution < -0.4 is 14.5 Å². The number of hydrogen-bond donors (Lipinski definition) is 1. The SMILES string of the molecule is CN(C)C/C=C/C(=O)N1CCN(c2nc(OCCN(C)C)nc3c2CCN(c2cc(O)cc4ccccc24)C3)CC1. The second-order valence-corrected chi connectivity index (χ2v) is 11.2. The lowest BCUT2D eigenvalue weighted by molar-refractivity contribution is -0.126. The lowest BCUT2D eigenvalue weighted by Gasteiger charge is -2.38. The Morgan fingerprint density at radius 2 is 1.78 bits per heavy atom. The minimum absolute atomic E-state index is 0.0536. The zero-order chi connectivity index (χ0) is 28.9. The van der Waals surface area contributed by atoms with Gasteiger partial charge in [0.05, 0.1) is 12.2 Å². The monoisotopic (exact) mass is 559 g/mol. The molecule has 1 saturated heterocycles. The number of ether oxygens (including phenoxy) is 1. The van der Waals surface area contributed by atoms with Crippen molar-refractivity contribution in [3.8, 4) is 11.8 Å². The van der Waals surface area contributed by atoms with E-state index in [1.165, 1.54) is 0 Å². The van der Waals surface area contributed by atoms with E-state index in [-0.39, 0.29) is 11.7 Å². The predicted octanol–water partition coefficient (Wildman–Crippen LogP) is 2.60. The van der Waals surface area contributed by atoms with Crippen LogP contribution in [0.4, 0.5) is 11.5 Å². The van der Waals surface area contributed by atoms with Gasteiger partial charge in [0.25, 0.3) is 0 Å². The zero-order valence-electron chi connectivity index (χ0n) is 24.6. The topological polar surface area (TPSA) is 88.5 Å². The number of carbonyl (C=O) groups is 1. The molecule has 5 rings (SSSR count). The summed E-state index contributed by atoms with van der Waals surface area (Å²) in [5.74, 6) is 1.22. The van der Waals surface area contributed by atoms with Crippen molar-refractivity contribution in [3.63, 3.8) is 0 Å². The smallest absolute Gasteiger partial charge is 0.318 e. The Hall–Kier alpha value is -3.89.